The van der Waals surface area contributed by atoms with Crippen LogP contribution in [0.5, 0.6) is 0 Å². The fourth-order valence-corrected chi connectivity index (χ4v) is 1.66. The Labute approximate surface area is 111 Å². The number of nitrogens with two attached hydrogens (primary N) is 1. The highest BCUT2D eigenvalue weighted by molar-refractivity contribution is 9.10. The Morgan fingerprint density at radius 1 is 1.29 bits per heavy atom. The van der Waals surface area contributed by atoms with Crippen molar-refractivity contribution in [3.63, 3.8) is 0 Å². The maximum absolute atomic E-state index is 13.5. The van der Waals surface area contributed by atoms with Crippen LogP contribution in [0, 0.1) is 5.82 Å². The summed E-state index contributed by atoms with van der Waals surface area (Å²) >= 11 is 2.95. The first-order valence-electron chi connectivity index (χ1n) is 4.57. The highest BCUT2D eigenvalue weighted by Crippen LogP contribution is 2.29. The van der Waals surface area contributed by atoms with Crippen LogP contribution in [0.4, 0.5) is 17.6 Å². The summed E-state index contributed by atoms with van der Waals surface area (Å²) in [5, 5.41) is 0. The smallest absolute Gasteiger partial charge is 0.324 e. The first-order chi connectivity index (χ1) is 7.31. The molecule has 0 spiro atoms. The quantitative estimate of drug-likeness (QED) is 0.816. The summed E-state index contributed by atoms with van der Waals surface area (Å²) in [6, 6.07) is 3.45. The molecule has 0 aliphatic carbocycles. The molecule has 0 heterocycles. The Kier molecular flexibility index (Phi) is 6.43. The monoisotopic (exact) mass is 335 g/mol. The van der Waals surface area contributed by atoms with Crippen molar-refractivity contribution in [2.75, 3.05) is 0 Å². The Bertz CT molecular complexity index is 370. The van der Waals surface area contributed by atoms with Gasteiger partial charge in [0.1, 0.15) is 5.82 Å². The van der Waals surface area contributed by atoms with Gasteiger partial charge in [-0.1, -0.05) is 12.1 Å². The van der Waals surface area contributed by atoms with Gasteiger partial charge in [-0.2, -0.15) is 13.2 Å². The summed E-state index contributed by atoms with van der Waals surface area (Å²) in [5.41, 5.74) is 5.61. The lowest BCUT2D eigenvalue weighted by molar-refractivity contribution is -0.136. The van der Waals surface area contributed by atoms with Gasteiger partial charge in [0.05, 0.1) is 4.47 Å². The molecule has 0 fully saturated rings. The van der Waals surface area contributed by atoms with E-state index in [9.17, 15) is 17.6 Å². The van der Waals surface area contributed by atoms with Crippen LogP contribution in [0.2, 0.25) is 0 Å². The van der Waals surface area contributed by atoms with Gasteiger partial charge in [0.15, 0.2) is 0 Å². The maximum atomic E-state index is 13.5. The van der Waals surface area contributed by atoms with E-state index >= 15 is 0 Å². The molecule has 0 saturated carbocycles. The van der Waals surface area contributed by atoms with Gasteiger partial charge in [0, 0.05) is 18.0 Å². The fraction of sp³-hybridized carbons (Fsp3) is 0.400. The van der Waals surface area contributed by atoms with E-state index in [-0.39, 0.29) is 28.9 Å². The first-order valence-corrected chi connectivity index (χ1v) is 5.37. The van der Waals surface area contributed by atoms with Crippen molar-refractivity contribution in [2.45, 2.75) is 25.1 Å². The van der Waals surface area contributed by atoms with Crippen molar-refractivity contribution in [1.82, 2.24) is 0 Å². The zero-order chi connectivity index (χ0) is 12.3. The summed E-state index contributed by atoms with van der Waals surface area (Å²) in [5.74, 6) is -0.600. The minimum absolute atomic E-state index is 0. The van der Waals surface area contributed by atoms with Gasteiger partial charge in [-0.15, -0.1) is 12.4 Å². The third-order valence-electron chi connectivity index (χ3n) is 2.12. The van der Waals surface area contributed by atoms with Crippen LogP contribution in [0.3, 0.4) is 0 Å². The summed E-state index contributed by atoms with van der Waals surface area (Å²) < 4.78 is 49.5. The average molecular weight is 337 g/mol. The predicted octanol–water partition coefficient (Wildman–Crippen LogP) is 4.35. The van der Waals surface area contributed by atoms with E-state index in [4.69, 9.17) is 5.73 Å². The molecular weight excluding hydrogens is 325 g/mol. The normalized spacial score (nSPS) is 13.1. The molecule has 0 saturated heterocycles. The molecule has 1 rings (SSSR count). The standard InChI is InChI=1S/C10H10BrF4N.ClH/c11-7-3-1-2-6(9(7)12)8(16)4-5-10(13,14)15;/h1-3,8H,4-5,16H2;1H/t8-;/m0./s1. The molecule has 2 N–H and O–H groups in total. The second-order valence-corrected chi connectivity index (χ2v) is 4.26. The Hall–Kier alpha value is -0.330. The lowest BCUT2D eigenvalue weighted by Crippen LogP contribution is -2.17. The minimum atomic E-state index is -4.26. The average Bonchev–Trinajstić information content (AvgIpc) is 2.17. The molecule has 0 unspecified atom stereocenters. The predicted molar refractivity (Wildman–Crippen MR) is 63.6 cm³/mol. The maximum Gasteiger partial charge on any atom is 0.389 e. The molecule has 1 aromatic carbocycles. The van der Waals surface area contributed by atoms with E-state index in [0.717, 1.165) is 0 Å². The van der Waals surface area contributed by atoms with Crippen LogP contribution in [-0.2, 0) is 0 Å². The second-order valence-electron chi connectivity index (χ2n) is 3.40. The Balaban J connectivity index is 0.00000256. The Morgan fingerprint density at radius 3 is 2.41 bits per heavy atom. The molecule has 7 heteroatoms. The molecule has 0 amide bonds. The zero-order valence-corrected chi connectivity index (χ0v) is 11.0. The first kappa shape index (κ1) is 16.7. The van der Waals surface area contributed by atoms with Gasteiger partial charge in [-0.05, 0) is 28.4 Å². The lowest BCUT2D eigenvalue weighted by atomic mass is 10.0. The van der Waals surface area contributed by atoms with Gasteiger partial charge in [-0.25, -0.2) is 4.39 Å². The molecular formula is C10H11BrClF4N. The van der Waals surface area contributed by atoms with E-state index in [1.165, 1.54) is 18.2 Å². The van der Waals surface area contributed by atoms with Gasteiger partial charge < -0.3 is 5.73 Å². The van der Waals surface area contributed by atoms with Crippen molar-refractivity contribution in [3.05, 3.63) is 34.1 Å². The van der Waals surface area contributed by atoms with E-state index in [2.05, 4.69) is 15.9 Å². The van der Waals surface area contributed by atoms with E-state index in [0.29, 0.717) is 0 Å². The molecule has 0 bridgehead atoms. The summed E-state index contributed by atoms with van der Waals surface area (Å²) in [6.45, 7) is 0. The molecule has 17 heavy (non-hydrogen) atoms. The van der Waals surface area contributed by atoms with Crippen LogP contribution < -0.4 is 5.73 Å². The number of hydrogen-bond donors (Lipinski definition) is 1. The van der Waals surface area contributed by atoms with Crippen LogP contribution in [0.15, 0.2) is 22.7 Å². The number of hydrogen-bond acceptors (Lipinski definition) is 1. The van der Waals surface area contributed by atoms with E-state index in [1.807, 2.05) is 0 Å². The molecule has 1 aromatic rings. The van der Waals surface area contributed by atoms with E-state index < -0.39 is 24.5 Å². The van der Waals surface area contributed by atoms with Gasteiger partial charge >= 0.3 is 6.18 Å². The molecule has 98 valence electrons. The second kappa shape index (κ2) is 6.56. The SMILES string of the molecule is Cl.N[C@@H](CCC(F)(F)F)c1cccc(Br)c1F. The van der Waals surface area contributed by atoms with Crippen molar-refractivity contribution in [2.24, 2.45) is 5.73 Å². The molecule has 1 nitrogen and oxygen atoms in total. The molecule has 0 aliphatic heterocycles. The number of alkyl halides is 3. The third kappa shape index (κ3) is 5.23. The van der Waals surface area contributed by atoms with Crippen molar-refractivity contribution in [1.29, 1.82) is 0 Å². The van der Waals surface area contributed by atoms with Gasteiger partial charge in [0.2, 0.25) is 0 Å². The highest BCUT2D eigenvalue weighted by atomic mass is 79.9. The third-order valence-corrected chi connectivity index (χ3v) is 2.73. The van der Waals surface area contributed by atoms with Gasteiger partial charge in [-0.3, -0.25) is 0 Å². The van der Waals surface area contributed by atoms with Crippen molar-refractivity contribution in [3.8, 4) is 0 Å². The summed E-state index contributed by atoms with van der Waals surface area (Å²) in [4.78, 5) is 0. The molecule has 0 aliphatic rings. The summed E-state index contributed by atoms with van der Waals surface area (Å²) in [7, 11) is 0. The number of halogens is 6. The lowest BCUT2D eigenvalue weighted by Gasteiger charge is -2.14. The minimum Gasteiger partial charge on any atom is -0.324 e. The zero-order valence-electron chi connectivity index (χ0n) is 8.60. The molecule has 0 radical (unpaired) electrons. The fourth-order valence-electron chi connectivity index (χ4n) is 1.28. The van der Waals surface area contributed by atoms with Crippen LogP contribution >= 0.6 is 28.3 Å². The van der Waals surface area contributed by atoms with Crippen molar-refractivity contribution < 1.29 is 17.6 Å². The van der Waals surface area contributed by atoms with E-state index in [1.54, 1.807) is 0 Å². The summed E-state index contributed by atoms with van der Waals surface area (Å²) in [6.07, 6.45) is -5.60. The number of benzene rings is 1. The largest absolute Gasteiger partial charge is 0.389 e. The highest BCUT2D eigenvalue weighted by Gasteiger charge is 2.28. The van der Waals surface area contributed by atoms with Crippen LogP contribution in [0.25, 0.3) is 0 Å². The van der Waals surface area contributed by atoms with Crippen LogP contribution in [-0.4, -0.2) is 6.18 Å². The molecule has 0 aromatic heterocycles. The number of rotatable bonds is 3. The van der Waals surface area contributed by atoms with Gasteiger partial charge in [0.25, 0.3) is 0 Å². The van der Waals surface area contributed by atoms with Crippen LogP contribution in [0.1, 0.15) is 24.4 Å². The van der Waals surface area contributed by atoms with Crippen molar-refractivity contribution >= 4 is 28.3 Å². The molecule has 1 atom stereocenters. The topological polar surface area (TPSA) is 26.0 Å². The Morgan fingerprint density at radius 2 is 1.88 bits per heavy atom.